The molecule has 3 N–H and O–H groups in total. The number of likely N-dealkylation sites (tertiary alicyclic amines) is 1. The SMILES string of the molecule is Cc1cc(F)c(-c2cc(C(F)(F)F)c3c(N)ncnn23)cc1C(=O)NC1CN(C(=O)c2ncccc2F)CC1F. The summed E-state index contributed by atoms with van der Waals surface area (Å²) in [6, 6.07) is 3.74. The second-order valence-corrected chi connectivity index (χ2v) is 9.13. The van der Waals surface area contributed by atoms with E-state index in [1.165, 1.54) is 19.2 Å². The number of hydrogen-bond donors (Lipinski definition) is 2. The normalized spacial score (nSPS) is 17.4. The van der Waals surface area contributed by atoms with Gasteiger partial charge in [-0.15, -0.1) is 0 Å². The van der Waals surface area contributed by atoms with Gasteiger partial charge in [0.15, 0.2) is 17.3 Å². The fourth-order valence-electron chi connectivity index (χ4n) is 4.59. The van der Waals surface area contributed by atoms with E-state index in [9.17, 15) is 31.5 Å². The van der Waals surface area contributed by atoms with E-state index in [0.29, 0.717) is 6.07 Å². The minimum absolute atomic E-state index is 0.113. The summed E-state index contributed by atoms with van der Waals surface area (Å²) in [7, 11) is 0. The number of carbonyl (C=O) groups is 2. The Hall–Kier alpha value is -4.69. The maximum absolute atomic E-state index is 15.1. The molecular weight excluding hydrogens is 544 g/mol. The summed E-state index contributed by atoms with van der Waals surface area (Å²) in [6.45, 7) is 0.648. The fraction of sp³-hybridized carbons (Fsp3) is 0.240. The van der Waals surface area contributed by atoms with Crippen LogP contribution in [-0.4, -0.2) is 61.6 Å². The van der Waals surface area contributed by atoms with Crippen LogP contribution in [-0.2, 0) is 6.18 Å². The summed E-state index contributed by atoms with van der Waals surface area (Å²) in [6.07, 6.45) is -4.48. The Kier molecular flexibility index (Phi) is 6.59. The number of nitrogens with zero attached hydrogens (tertiary/aromatic N) is 5. The molecule has 9 nitrogen and oxygen atoms in total. The van der Waals surface area contributed by atoms with Crippen molar-refractivity contribution >= 4 is 23.1 Å². The molecule has 0 radical (unpaired) electrons. The summed E-state index contributed by atoms with van der Waals surface area (Å²) in [5.74, 6) is -4.05. The van der Waals surface area contributed by atoms with E-state index < -0.39 is 76.5 Å². The first-order valence-corrected chi connectivity index (χ1v) is 11.7. The lowest BCUT2D eigenvalue weighted by Gasteiger charge is -2.17. The van der Waals surface area contributed by atoms with Crippen molar-refractivity contribution in [2.24, 2.45) is 0 Å². The first-order chi connectivity index (χ1) is 18.9. The number of carbonyl (C=O) groups excluding carboxylic acids is 2. The number of alkyl halides is 4. The molecule has 0 bridgehead atoms. The van der Waals surface area contributed by atoms with Crippen LogP contribution in [0.3, 0.4) is 0 Å². The Balaban J connectivity index is 1.45. The number of fused-ring (bicyclic) bond motifs is 1. The van der Waals surface area contributed by atoms with Crippen molar-refractivity contribution in [2.45, 2.75) is 25.3 Å². The second-order valence-electron chi connectivity index (χ2n) is 9.13. The van der Waals surface area contributed by atoms with E-state index >= 15 is 4.39 Å². The van der Waals surface area contributed by atoms with Gasteiger partial charge in [-0.3, -0.25) is 9.59 Å². The number of amides is 2. The Morgan fingerprint density at radius 3 is 2.55 bits per heavy atom. The van der Waals surface area contributed by atoms with Crippen molar-refractivity contribution in [3.63, 3.8) is 0 Å². The van der Waals surface area contributed by atoms with Crippen LogP contribution in [0.15, 0.2) is 42.9 Å². The predicted molar refractivity (Wildman–Crippen MR) is 129 cm³/mol. The zero-order valence-electron chi connectivity index (χ0n) is 20.5. The Bertz CT molecular complexity index is 1650. The minimum Gasteiger partial charge on any atom is -0.382 e. The third kappa shape index (κ3) is 4.67. The molecular formula is C25H19F6N7O2. The molecule has 2 atom stereocenters. The van der Waals surface area contributed by atoms with Crippen molar-refractivity contribution in [1.29, 1.82) is 0 Å². The molecule has 0 aliphatic carbocycles. The number of nitrogens with two attached hydrogens (primary N) is 1. The van der Waals surface area contributed by atoms with E-state index in [2.05, 4.69) is 20.4 Å². The van der Waals surface area contributed by atoms with Crippen LogP contribution >= 0.6 is 0 Å². The number of nitrogens with one attached hydrogen (secondary N) is 1. The van der Waals surface area contributed by atoms with Gasteiger partial charge in [-0.1, -0.05) is 0 Å². The molecule has 2 unspecified atom stereocenters. The van der Waals surface area contributed by atoms with Gasteiger partial charge in [-0.2, -0.15) is 18.3 Å². The number of hydrogen-bond acceptors (Lipinski definition) is 6. The molecule has 4 aromatic rings. The third-order valence-corrected chi connectivity index (χ3v) is 6.54. The zero-order chi connectivity index (χ0) is 28.9. The number of halogens is 6. The summed E-state index contributed by atoms with van der Waals surface area (Å²) in [5.41, 5.74) is 2.57. The molecule has 1 aliphatic heterocycles. The molecule has 208 valence electrons. The molecule has 4 heterocycles. The number of benzene rings is 1. The minimum atomic E-state index is -4.87. The number of aromatic nitrogens is 4. The number of aryl methyl sites for hydroxylation is 1. The zero-order valence-corrected chi connectivity index (χ0v) is 20.5. The lowest BCUT2D eigenvalue weighted by Crippen LogP contribution is -2.42. The standard InChI is InChI=1S/C25H19F6N7O2/c1-11-5-16(27)13(19-7-14(25(29,30)31)21-22(32)34-10-35-38(19)21)6-12(11)23(39)36-18-9-37(8-17(18)28)24(40)20-15(26)3-2-4-33-20/h2-7,10,17-18H,8-9H2,1H3,(H,36,39)(H2,32,34,35). The molecule has 1 fully saturated rings. The van der Waals surface area contributed by atoms with Gasteiger partial charge in [0, 0.05) is 23.9 Å². The fourth-order valence-corrected chi connectivity index (χ4v) is 4.59. The summed E-state index contributed by atoms with van der Waals surface area (Å²) < 4.78 is 85.8. The van der Waals surface area contributed by atoms with Crippen LogP contribution in [0.4, 0.5) is 32.2 Å². The second kappa shape index (κ2) is 9.81. The van der Waals surface area contributed by atoms with Gasteiger partial charge in [0.2, 0.25) is 0 Å². The smallest absolute Gasteiger partial charge is 0.382 e. The number of pyridine rings is 1. The summed E-state index contributed by atoms with van der Waals surface area (Å²) in [5, 5.41) is 6.21. The molecule has 40 heavy (non-hydrogen) atoms. The molecule has 1 aromatic carbocycles. The van der Waals surface area contributed by atoms with Crippen molar-refractivity contribution in [3.8, 4) is 11.3 Å². The highest BCUT2D eigenvalue weighted by atomic mass is 19.4. The monoisotopic (exact) mass is 563 g/mol. The van der Waals surface area contributed by atoms with Crippen LogP contribution in [0.2, 0.25) is 0 Å². The Labute approximate surface area is 221 Å². The van der Waals surface area contributed by atoms with Gasteiger partial charge < -0.3 is 16.0 Å². The van der Waals surface area contributed by atoms with Crippen LogP contribution in [0.1, 0.15) is 32.0 Å². The largest absolute Gasteiger partial charge is 0.418 e. The van der Waals surface area contributed by atoms with Gasteiger partial charge in [0.05, 0.1) is 23.8 Å². The maximum atomic E-state index is 15.1. The lowest BCUT2D eigenvalue weighted by atomic mass is 10.0. The van der Waals surface area contributed by atoms with E-state index in [0.717, 1.165) is 33.9 Å². The highest BCUT2D eigenvalue weighted by molar-refractivity contribution is 5.98. The highest BCUT2D eigenvalue weighted by Crippen LogP contribution is 2.39. The van der Waals surface area contributed by atoms with Crippen molar-refractivity contribution in [2.75, 3.05) is 18.8 Å². The molecule has 1 aliphatic rings. The van der Waals surface area contributed by atoms with E-state index in [4.69, 9.17) is 5.73 Å². The van der Waals surface area contributed by atoms with Gasteiger partial charge in [0.1, 0.15) is 23.8 Å². The topological polar surface area (TPSA) is 119 Å². The first kappa shape index (κ1) is 26.9. The van der Waals surface area contributed by atoms with Crippen LogP contribution in [0, 0.1) is 18.6 Å². The molecule has 0 saturated carbocycles. The van der Waals surface area contributed by atoms with Crippen molar-refractivity contribution in [3.05, 3.63) is 76.9 Å². The first-order valence-electron chi connectivity index (χ1n) is 11.7. The Morgan fingerprint density at radius 1 is 1.10 bits per heavy atom. The average molecular weight is 563 g/mol. The predicted octanol–water partition coefficient (Wildman–Crippen LogP) is 3.57. The van der Waals surface area contributed by atoms with Crippen LogP contribution < -0.4 is 11.1 Å². The van der Waals surface area contributed by atoms with Gasteiger partial charge >= 0.3 is 6.18 Å². The third-order valence-electron chi connectivity index (χ3n) is 6.54. The highest BCUT2D eigenvalue weighted by Gasteiger charge is 2.39. The lowest BCUT2D eigenvalue weighted by molar-refractivity contribution is -0.136. The Morgan fingerprint density at radius 2 is 1.85 bits per heavy atom. The molecule has 3 aromatic heterocycles. The maximum Gasteiger partial charge on any atom is 0.418 e. The molecule has 0 spiro atoms. The van der Waals surface area contributed by atoms with E-state index in [1.807, 2.05) is 0 Å². The van der Waals surface area contributed by atoms with Gasteiger partial charge in [-0.25, -0.2) is 27.7 Å². The number of anilines is 1. The summed E-state index contributed by atoms with van der Waals surface area (Å²) >= 11 is 0. The van der Waals surface area contributed by atoms with Crippen LogP contribution in [0.5, 0.6) is 0 Å². The number of rotatable bonds is 4. The molecule has 1 saturated heterocycles. The summed E-state index contributed by atoms with van der Waals surface area (Å²) in [4.78, 5) is 34.0. The van der Waals surface area contributed by atoms with Gasteiger partial charge in [0.25, 0.3) is 11.8 Å². The number of nitrogen functional groups attached to an aromatic ring is 1. The molecule has 15 heteroatoms. The van der Waals surface area contributed by atoms with E-state index in [-0.39, 0.29) is 23.4 Å². The van der Waals surface area contributed by atoms with Crippen molar-refractivity contribution in [1.82, 2.24) is 29.8 Å². The van der Waals surface area contributed by atoms with E-state index in [1.54, 1.807) is 0 Å². The van der Waals surface area contributed by atoms with Crippen LogP contribution in [0.25, 0.3) is 16.8 Å². The molecule has 2 amide bonds. The quantitative estimate of drug-likeness (QED) is 0.367. The van der Waals surface area contributed by atoms with Gasteiger partial charge in [-0.05, 0) is 42.8 Å². The average Bonchev–Trinajstić information content (AvgIpc) is 3.46. The van der Waals surface area contributed by atoms with Crippen molar-refractivity contribution < 1.29 is 35.9 Å². The molecule has 5 rings (SSSR count).